The highest BCUT2D eigenvalue weighted by atomic mass is 19.3. The Bertz CT molecular complexity index is 647. The van der Waals surface area contributed by atoms with E-state index in [1.54, 1.807) is 12.1 Å². The standard InChI is InChI=1S/C13H10F2N2O3/c1-7-9(12(18)19)6-16-11(17-7)8-4-2-3-5-10(8)20-13(14)15/h2-6,13H,1H3,(H,18,19). The minimum absolute atomic E-state index is 0.0407. The number of rotatable bonds is 4. The van der Waals surface area contributed by atoms with Crippen LogP contribution in [0.15, 0.2) is 30.5 Å². The number of carboxylic acid groups (broad SMARTS) is 1. The zero-order chi connectivity index (χ0) is 14.7. The van der Waals surface area contributed by atoms with E-state index in [2.05, 4.69) is 14.7 Å². The zero-order valence-corrected chi connectivity index (χ0v) is 10.4. The largest absolute Gasteiger partial charge is 0.478 e. The van der Waals surface area contributed by atoms with E-state index in [1.807, 2.05) is 0 Å². The molecule has 0 aliphatic heterocycles. The maximum Gasteiger partial charge on any atom is 0.387 e. The molecule has 0 aliphatic rings. The van der Waals surface area contributed by atoms with E-state index < -0.39 is 12.6 Å². The molecule has 5 nitrogen and oxygen atoms in total. The molecule has 1 aromatic heterocycles. The van der Waals surface area contributed by atoms with Crippen LogP contribution in [0.5, 0.6) is 5.75 Å². The maximum absolute atomic E-state index is 12.3. The van der Waals surface area contributed by atoms with Crippen LogP contribution in [-0.2, 0) is 0 Å². The summed E-state index contributed by atoms with van der Waals surface area (Å²) in [6.07, 6.45) is 1.14. The summed E-state index contributed by atoms with van der Waals surface area (Å²) in [7, 11) is 0. The van der Waals surface area contributed by atoms with Crippen molar-refractivity contribution in [2.45, 2.75) is 13.5 Å². The second-order valence-electron chi connectivity index (χ2n) is 3.87. The van der Waals surface area contributed by atoms with Gasteiger partial charge in [-0.2, -0.15) is 8.78 Å². The highest BCUT2D eigenvalue weighted by molar-refractivity contribution is 5.88. The van der Waals surface area contributed by atoms with Crippen molar-refractivity contribution in [2.75, 3.05) is 0 Å². The normalized spacial score (nSPS) is 10.6. The Kier molecular flexibility index (Phi) is 3.88. The van der Waals surface area contributed by atoms with Crippen LogP contribution in [0.25, 0.3) is 11.4 Å². The molecule has 2 aromatic rings. The van der Waals surface area contributed by atoms with Crippen LogP contribution in [0.2, 0.25) is 0 Å². The van der Waals surface area contributed by atoms with Crippen LogP contribution in [0, 0.1) is 6.92 Å². The number of hydrogen-bond acceptors (Lipinski definition) is 4. The van der Waals surface area contributed by atoms with Gasteiger partial charge in [-0.3, -0.25) is 0 Å². The first kappa shape index (κ1) is 13.9. The van der Waals surface area contributed by atoms with Gasteiger partial charge in [-0.1, -0.05) is 12.1 Å². The lowest BCUT2D eigenvalue weighted by atomic mass is 10.1. The summed E-state index contributed by atoms with van der Waals surface area (Å²) in [5.41, 5.74) is 0.475. The molecule has 1 heterocycles. The molecular formula is C13H10F2N2O3. The SMILES string of the molecule is Cc1nc(-c2ccccc2OC(F)F)ncc1C(=O)O. The number of ether oxygens (including phenoxy) is 1. The highest BCUT2D eigenvalue weighted by Crippen LogP contribution is 2.28. The molecule has 0 unspecified atom stereocenters. The van der Waals surface area contributed by atoms with Crippen molar-refractivity contribution in [3.8, 4) is 17.1 Å². The predicted molar refractivity (Wildman–Crippen MR) is 65.8 cm³/mol. The van der Waals surface area contributed by atoms with Gasteiger partial charge in [-0.25, -0.2) is 14.8 Å². The van der Waals surface area contributed by atoms with Crippen LogP contribution in [0.1, 0.15) is 16.1 Å². The first-order valence-corrected chi connectivity index (χ1v) is 5.60. The van der Waals surface area contributed by atoms with E-state index >= 15 is 0 Å². The Morgan fingerprint density at radius 1 is 1.35 bits per heavy atom. The first-order valence-electron chi connectivity index (χ1n) is 5.60. The van der Waals surface area contributed by atoms with Gasteiger partial charge in [0.15, 0.2) is 5.82 Å². The number of benzene rings is 1. The van der Waals surface area contributed by atoms with E-state index in [-0.39, 0.29) is 28.4 Å². The summed E-state index contributed by atoms with van der Waals surface area (Å²) >= 11 is 0. The molecule has 0 atom stereocenters. The fraction of sp³-hybridized carbons (Fsp3) is 0.154. The molecule has 0 saturated heterocycles. The maximum atomic E-state index is 12.3. The summed E-state index contributed by atoms with van der Waals surface area (Å²) in [4.78, 5) is 18.8. The van der Waals surface area contributed by atoms with Gasteiger partial charge >= 0.3 is 12.6 Å². The number of nitrogens with zero attached hydrogens (tertiary/aromatic N) is 2. The lowest BCUT2D eigenvalue weighted by molar-refractivity contribution is -0.0494. The van der Waals surface area contributed by atoms with Gasteiger partial charge in [0, 0.05) is 6.20 Å². The molecule has 0 saturated carbocycles. The third kappa shape index (κ3) is 2.87. The molecule has 0 amide bonds. The number of alkyl halides is 2. The number of para-hydroxylation sites is 1. The minimum atomic E-state index is -2.96. The van der Waals surface area contributed by atoms with Gasteiger partial charge in [-0.05, 0) is 19.1 Å². The predicted octanol–water partition coefficient (Wildman–Crippen LogP) is 2.75. The quantitative estimate of drug-likeness (QED) is 0.932. The Morgan fingerprint density at radius 3 is 2.65 bits per heavy atom. The van der Waals surface area contributed by atoms with Gasteiger partial charge in [0.1, 0.15) is 5.75 Å². The molecule has 0 aliphatic carbocycles. The van der Waals surface area contributed by atoms with Gasteiger partial charge < -0.3 is 9.84 Å². The van der Waals surface area contributed by atoms with E-state index in [0.29, 0.717) is 0 Å². The second kappa shape index (κ2) is 5.60. The molecule has 0 fully saturated rings. The molecule has 2 rings (SSSR count). The molecule has 7 heteroatoms. The smallest absolute Gasteiger partial charge is 0.387 e. The van der Waals surface area contributed by atoms with Crippen molar-refractivity contribution in [1.82, 2.24) is 9.97 Å². The van der Waals surface area contributed by atoms with E-state index in [4.69, 9.17) is 5.11 Å². The average molecular weight is 280 g/mol. The second-order valence-corrected chi connectivity index (χ2v) is 3.87. The Labute approximate surface area is 112 Å². The molecule has 1 N–H and O–H groups in total. The van der Waals surface area contributed by atoms with Crippen molar-refractivity contribution in [3.63, 3.8) is 0 Å². The third-order valence-corrected chi connectivity index (χ3v) is 2.55. The highest BCUT2D eigenvalue weighted by Gasteiger charge is 2.15. The number of halogens is 2. The number of hydrogen-bond donors (Lipinski definition) is 1. The summed E-state index contributed by atoms with van der Waals surface area (Å²) in [5, 5.41) is 8.90. The van der Waals surface area contributed by atoms with E-state index in [9.17, 15) is 13.6 Å². The number of carboxylic acids is 1. The molecule has 104 valence electrons. The van der Waals surface area contributed by atoms with Gasteiger partial charge in [0.2, 0.25) is 0 Å². The lowest BCUT2D eigenvalue weighted by Crippen LogP contribution is -2.06. The summed E-state index contributed by atoms with van der Waals surface area (Å²) in [6.45, 7) is -1.46. The minimum Gasteiger partial charge on any atom is -0.478 e. The average Bonchev–Trinajstić information content (AvgIpc) is 2.38. The van der Waals surface area contributed by atoms with Crippen LogP contribution < -0.4 is 4.74 Å². The summed E-state index contributed by atoms with van der Waals surface area (Å²) in [5.74, 6) is -1.08. The van der Waals surface area contributed by atoms with E-state index in [1.165, 1.54) is 19.1 Å². The van der Waals surface area contributed by atoms with Gasteiger partial charge in [0.05, 0.1) is 16.8 Å². The van der Waals surface area contributed by atoms with Crippen molar-refractivity contribution in [3.05, 3.63) is 41.7 Å². The number of carbonyl (C=O) groups is 1. The summed E-state index contributed by atoms with van der Waals surface area (Å²) < 4.78 is 29.0. The molecule has 20 heavy (non-hydrogen) atoms. The monoisotopic (exact) mass is 280 g/mol. The fourth-order valence-electron chi connectivity index (χ4n) is 1.66. The fourth-order valence-corrected chi connectivity index (χ4v) is 1.66. The molecule has 1 aromatic carbocycles. The van der Waals surface area contributed by atoms with Crippen molar-refractivity contribution in [2.24, 2.45) is 0 Å². The van der Waals surface area contributed by atoms with E-state index in [0.717, 1.165) is 6.20 Å². The third-order valence-electron chi connectivity index (χ3n) is 2.55. The Balaban J connectivity index is 2.46. The number of aryl methyl sites for hydroxylation is 1. The molecule has 0 radical (unpaired) electrons. The molecular weight excluding hydrogens is 270 g/mol. The van der Waals surface area contributed by atoms with Crippen molar-refractivity contribution >= 4 is 5.97 Å². The molecule has 0 spiro atoms. The van der Waals surface area contributed by atoms with Crippen LogP contribution in [-0.4, -0.2) is 27.7 Å². The Hall–Kier alpha value is -2.57. The summed E-state index contributed by atoms with van der Waals surface area (Å²) in [6, 6.07) is 6.05. The van der Waals surface area contributed by atoms with Crippen LogP contribution >= 0.6 is 0 Å². The Morgan fingerprint density at radius 2 is 2.05 bits per heavy atom. The molecule has 0 bridgehead atoms. The first-order chi connectivity index (χ1) is 9.49. The van der Waals surface area contributed by atoms with Gasteiger partial charge in [-0.15, -0.1) is 0 Å². The van der Waals surface area contributed by atoms with Crippen LogP contribution in [0.3, 0.4) is 0 Å². The lowest BCUT2D eigenvalue weighted by Gasteiger charge is -2.10. The zero-order valence-electron chi connectivity index (χ0n) is 10.4. The number of aromatic carboxylic acids is 1. The van der Waals surface area contributed by atoms with Gasteiger partial charge in [0.25, 0.3) is 0 Å². The topological polar surface area (TPSA) is 72.3 Å². The number of aromatic nitrogens is 2. The van der Waals surface area contributed by atoms with Crippen LogP contribution in [0.4, 0.5) is 8.78 Å². The van der Waals surface area contributed by atoms with Crippen molar-refractivity contribution in [1.29, 1.82) is 0 Å². The van der Waals surface area contributed by atoms with Crippen molar-refractivity contribution < 1.29 is 23.4 Å².